The molecule has 0 amide bonds. The standard InChI is InChI=1S/C14H22O6S/c1-21-7-6-10(16)12(18)14(20)13(19)11(17)8-2-4-9(15)5-3-8/h2-5,10-20H,6-7H2,1H3. The summed E-state index contributed by atoms with van der Waals surface area (Å²) in [5.41, 5.74) is 0.283. The highest BCUT2D eigenvalue weighted by Gasteiger charge is 2.34. The van der Waals surface area contributed by atoms with Gasteiger partial charge in [-0.15, -0.1) is 0 Å². The van der Waals surface area contributed by atoms with Crippen LogP contribution in [0.3, 0.4) is 0 Å². The lowest BCUT2D eigenvalue weighted by atomic mass is 9.94. The molecule has 5 atom stereocenters. The van der Waals surface area contributed by atoms with Gasteiger partial charge in [0, 0.05) is 0 Å². The minimum Gasteiger partial charge on any atom is -0.508 e. The lowest BCUT2D eigenvalue weighted by Gasteiger charge is -2.29. The predicted octanol–water partition coefficient (Wildman–Crippen LogP) is -0.378. The summed E-state index contributed by atoms with van der Waals surface area (Å²) in [6.07, 6.45) is -5.42. The van der Waals surface area contributed by atoms with E-state index in [9.17, 15) is 25.5 Å². The van der Waals surface area contributed by atoms with Crippen molar-refractivity contribution in [2.24, 2.45) is 0 Å². The number of phenols is 1. The van der Waals surface area contributed by atoms with Crippen molar-refractivity contribution in [1.82, 2.24) is 0 Å². The molecule has 0 fully saturated rings. The van der Waals surface area contributed by atoms with Crippen LogP contribution in [-0.4, -0.2) is 67.1 Å². The molecule has 21 heavy (non-hydrogen) atoms. The Morgan fingerprint density at radius 2 is 1.48 bits per heavy atom. The summed E-state index contributed by atoms with van der Waals surface area (Å²) in [4.78, 5) is 0. The largest absolute Gasteiger partial charge is 0.508 e. The van der Waals surface area contributed by atoms with Gasteiger partial charge in [-0.05, 0) is 36.1 Å². The van der Waals surface area contributed by atoms with Crippen LogP contribution in [-0.2, 0) is 0 Å². The molecule has 0 heterocycles. The van der Waals surface area contributed by atoms with E-state index in [0.29, 0.717) is 5.75 Å². The van der Waals surface area contributed by atoms with Crippen molar-refractivity contribution in [2.75, 3.05) is 12.0 Å². The molecule has 0 saturated carbocycles. The SMILES string of the molecule is CSCCC(O)C(O)C(O)C(O)C(O)c1ccc(O)cc1. The van der Waals surface area contributed by atoms with Crippen LogP contribution >= 0.6 is 11.8 Å². The third-order valence-electron chi connectivity index (χ3n) is 3.27. The number of aliphatic hydroxyl groups is 5. The van der Waals surface area contributed by atoms with E-state index in [0.717, 1.165) is 0 Å². The molecule has 1 aromatic rings. The number of aliphatic hydroxyl groups excluding tert-OH is 5. The third-order valence-corrected chi connectivity index (χ3v) is 3.91. The van der Waals surface area contributed by atoms with Gasteiger partial charge in [0.05, 0.1) is 6.10 Å². The first kappa shape index (κ1) is 18.2. The first-order valence-electron chi connectivity index (χ1n) is 6.56. The summed E-state index contributed by atoms with van der Waals surface area (Å²) < 4.78 is 0. The zero-order chi connectivity index (χ0) is 16.0. The molecule has 1 aromatic carbocycles. The summed E-state index contributed by atoms with van der Waals surface area (Å²) in [7, 11) is 0. The highest BCUT2D eigenvalue weighted by atomic mass is 32.2. The highest BCUT2D eigenvalue weighted by Crippen LogP contribution is 2.23. The van der Waals surface area contributed by atoms with E-state index in [1.54, 1.807) is 0 Å². The van der Waals surface area contributed by atoms with Crippen LogP contribution in [0, 0.1) is 0 Å². The van der Waals surface area contributed by atoms with Crippen LogP contribution in [0.4, 0.5) is 0 Å². The van der Waals surface area contributed by atoms with Gasteiger partial charge in [0.25, 0.3) is 0 Å². The van der Waals surface area contributed by atoms with E-state index < -0.39 is 30.5 Å². The normalized spacial score (nSPS) is 18.8. The van der Waals surface area contributed by atoms with Gasteiger partial charge in [-0.2, -0.15) is 11.8 Å². The van der Waals surface area contributed by atoms with E-state index in [1.807, 2.05) is 6.26 Å². The molecule has 7 heteroatoms. The maximum atomic E-state index is 9.97. The number of aromatic hydroxyl groups is 1. The van der Waals surface area contributed by atoms with Crippen molar-refractivity contribution in [3.05, 3.63) is 29.8 Å². The third kappa shape index (κ3) is 5.14. The summed E-state index contributed by atoms with van der Waals surface area (Å²) in [5.74, 6) is 0.607. The van der Waals surface area contributed by atoms with Crippen molar-refractivity contribution in [2.45, 2.75) is 36.9 Å². The average molecular weight is 318 g/mol. The molecular weight excluding hydrogens is 296 g/mol. The lowest BCUT2D eigenvalue weighted by molar-refractivity contribution is -0.134. The molecule has 0 saturated heterocycles. The van der Waals surface area contributed by atoms with Gasteiger partial charge < -0.3 is 30.6 Å². The van der Waals surface area contributed by atoms with Crippen LogP contribution in [0.5, 0.6) is 5.75 Å². The van der Waals surface area contributed by atoms with Crippen molar-refractivity contribution in [3.63, 3.8) is 0 Å². The Hall–Kier alpha value is -0.830. The van der Waals surface area contributed by atoms with E-state index in [2.05, 4.69) is 0 Å². The summed E-state index contributed by atoms with van der Waals surface area (Å²) in [5, 5.41) is 58.4. The van der Waals surface area contributed by atoms with Crippen molar-refractivity contribution in [1.29, 1.82) is 0 Å². The molecule has 120 valence electrons. The lowest BCUT2D eigenvalue weighted by Crippen LogP contribution is -2.46. The van der Waals surface area contributed by atoms with Crippen LogP contribution < -0.4 is 0 Å². The fourth-order valence-corrected chi connectivity index (χ4v) is 2.37. The van der Waals surface area contributed by atoms with E-state index in [1.165, 1.54) is 36.0 Å². The monoisotopic (exact) mass is 318 g/mol. The van der Waals surface area contributed by atoms with Crippen molar-refractivity contribution >= 4 is 11.8 Å². The fraction of sp³-hybridized carbons (Fsp3) is 0.571. The number of phenolic OH excluding ortho intramolecular Hbond substituents is 1. The number of rotatable bonds is 8. The topological polar surface area (TPSA) is 121 Å². The minimum absolute atomic E-state index is 0.00788. The Kier molecular flexibility index (Phi) is 7.44. The average Bonchev–Trinajstić information content (AvgIpc) is 2.50. The van der Waals surface area contributed by atoms with Crippen LogP contribution in [0.15, 0.2) is 24.3 Å². The van der Waals surface area contributed by atoms with Gasteiger partial charge in [0.2, 0.25) is 0 Å². The van der Waals surface area contributed by atoms with E-state index in [-0.39, 0.29) is 17.7 Å². The van der Waals surface area contributed by atoms with Crippen molar-refractivity contribution in [3.8, 4) is 5.75 Å². The summed E-state index contributed by atoms with van der Waals surface area (Å²) in [6.45, 7) is 0. The van der Waals surface area contributed by atoms with Crippen LogP contribution in [0.2, 0.25) is 0 Å². The Labute approximate surface area is 127 Å². The molecule has 0 aliphatic heterocycles. The second-order valence-electron chi connectivity index (χ2n) is 4.86. The fourth-order valence-electron chi connectivity index (χ4n) is 1.89. The maximum Gasteiger partial charge on any atom is 0.115 e. The maximum absolute atomic E-state index is 9.97. The van der Waals surface area contributed by atoms with Gasteiger partial charge in [-0.3, -0.25) is 0 Å². The Morgan fingerprint density at radius 1 is 0.905 bits per heavy atom. The molecule has 0 aliphatic carbocycles. The zero-order valence-corrected chi connectivity index (χ0v) is 12.5. The van der Waals surface area contributed by atoms with Gasteiger partial charge in [0.15, 0.2) is 0 Å². The molecule has 0 aromatic heterocycles. The minimum atomic E-state index is -1.69. The van der Waals surface area contributed by atoms with Gasteiger partial charge >= 0.3 is 0 Å². The van der Waals surface area contributed by atoms with Gasteiger partial charge in [0.1, 0.15) is 30.2 Å². The number of benzene rings is 1. The quantitative estimate of drug-likeness (QED) is 0.386. The van der Waals surface area contributed by atoms with E-state index in [4.69, 9.17) is 5.11 Å². The number of hydrogen-bond donors (Lipinski definition) is 6. The second-order valence-corrected chi connectivity index (χ2v) is 5.84. The highest BCUT2D eigenvalue weighted by molar-refractivity contribution is 7.98. The Bertz CT molecular complexity index is 412. The van der Waals surface area contributed by atoms with Gasteiger partial charge in [-0.1, -0.05) is 12.1 Å². The molecule has 0 radical (unpaired) electrons. The molecule has 0 spiro atoms. The first-order valence-corrected chi connectivity index (χ1v) is 7.96. The summed E-state index contributed by atoms with van der Waals surface area (Å²) in [6, 6.07) is 5.46. The number of thioether (sulfide) groups is 1. The zero-order valence-electron chi connectivity index (χ0n) is 11.7. The molecule has 0 bridgehead atoms. The second kappa shape index (κ2) is 8.57. The molecule has 1 rings (SSSR count). The molecule has 0 aliphatic rings. The van der Waals surface area contributed by atoms with Gasteiger partial charge in [-0.25, -0.2) is 0 Å². The first-order chi connectivity index (χ1) is 9.88. The number of hydrogen-bond acceptors (Lipinski definition) is 7. The van der Waals surface area contributed by atoms with Crippen molar-refractivity contribution < 1.29 is 30.6 Å². The predicted molar refractivity (Wildman–Crippen MR) is 80.1 cm³/mol. The molecule has 5 unspecified atom stereocenters. The smallest absolute Gasteiger partial charge is 0.115 e. The Balaban J connectivity index is 2.67. The Morgan fingerprint density at radius 3 is 2.00 bits per heavy atom. The van der Waals surface area contributed by atoms with Crippen LogP contribution in [0.25, 0.3) is 0 Å². The van der Waals surface area contributed by atoms with Crippen LogP contribution in [0.1, 0.15) is 18.1 Å². The molecule has 6 N–H and O–H groups in total. The molecule has 6 nitrogen and oxygen atoms in total. The molecular formula is C14H22O6S. The summed E-state index contributed by atoms with van der Waals surface area (Å²) >= 11 is 1.48. The van der Waals surface area contributed by atoms with E-state index >= 15 is 0 Å².